The van der Waals surface area contributed by atoms with E-state index in [2.05, 4.69) is 23.6 Å². The van der Waals surface area contributed by atoms with Crippen molar-refractivity contribution < 1.29 is 19.2 Å². The molecule has 0 N–H and O–H groups in total. The molecule has 1 aromatic rings. The van der Waals surface area contributed by atoms with Gasteiger partial charge in [0.2, 0.25) is 0 Å². The van der Waals surface area contributed by atoms with Crippen LogP contribution in [-0.4, -0.2) is 71.4 Å². The van der Waals surface area contributed by atoms with E-state index >= 15 is 0 Å². The maximum Gasteiger partial charge on any atom is 0.264 e. The Kier molecular flexibility index (Phi) is 4.79. The van der Waals surface area contributed by atoms with Gasteiger partial charge in [-0.3, -0.25) is 29.0 Å². The fourth-order valence-electron chi connectivity index (χ4n) is 4.44. The van der Waals surface area contributed by atoms with E-state index in [-0.39, 0.29) is 30.8 Å². The predicted molar refractivity (Wildman–Crippen MR) is 104 cm³/mol. The number of carbonyl (C=O) groups is 4. The van der Waals surface area contributed by atoms with Crippen molar-refractivity contribution >= 4 is 29.1 Å². The molecule has 0 aromatic heterocycles. The highest BCUT2D eigenvalue weighted by Gasteiger charge is 2.45. The molecule has 1 saturated carbocycles. The molecular formula is C21H25N3O4. The normalized spacial score (nSPS) is 23.8. The van der Waals surface area contributed by atoms with E-state index in [1.54, 1.807) is 12.1 Å². The molecular weight excluding hydrogens is 358 g/mol. The zero-order chi connectivity index (χ0) is 20.0. The third-order valence-corrected chi connectivity index (χ3v) is 6.06. The van der Waals surface area contributed by atoms with Crippen molar-refractivity contribution in [3.05, 3.63) is 29.3 Å². The topological polar surface area (TPSA) is 78.0 Å². The Hall–Kier alpha value is -2.54. The van der Waals surface area contributed by atoms with E-state index in [4.69, 9.17) is 0 Å². The Morgan fingerprint density at radius 1 is 0.964 bits per heavy atom. The summed E-state index contributed by atoms with van der Waals surface area (Å²) in [6.07, 6.45) is 0.265. The van der Waals surface area contributed by atoms with Crippen LogP contribution in [0.15, 0.2) is 18.2 Å². The first-order valence-electron chi connectivity index (χ1n) is 9.92. The maximum atomic E-state index is 13.2. The van der Waals surface area contributed by atoms with Gasteiger partial charge in [0.1, 0.15) is 5.78 Å². The summed E-state index contributed by atoms with van der Waals surface area (Å²) < 4.78 is 0. The van der Waals surface area contributed by atoms with Gasteiger partial charge in [-0.25, -0.2) is 0 Å². The van der Waals surface area contributed by atoms with Crippen LogP contribution in [-0.2, 0) is 9.59 Å². The number of Topliss-reactive ketones (excluding diaryl/α,β-unsaturated/α-hetero) is 2. The van der Waals surface area contributed by atoms with E-state index in [0.29, 0.717) is 17.2 Å². The van der Waals surface area contributed by atoms with E-state index in [9.17, 15) is 19.2 Å². The minimum absolute atomic E-state index is 0.124. The number of imide groups is 1. The van der Waals surface area contributed by atoms with Gasteiger partial charge in [0.05, 0.1) is 29.3 Å². The Bertz CT molecular complexity index is 855. The number of carbonyl (C=O) groups excluding carboxylic acids is 4. The fourth-order valence-corrected chi connectivity index (χ4v) is 4.44. The number of hydrogen-bond acceptors (Lipinski definition) is 6. The molecule has 2 fully saturated rings. The average Bonchev–Trinajstić information content (AvgIpc) is 2.93. The average molecular weight is 383 g/mol. The van der Waals surface area contributed by atoms with E-state index in [0.717, 1.165) is 36.8 Å². The molecule has 148 valence electrons. The molecule has 2 heterocycles. The second-order valence-corrected chi connectivity index (χ2v) is 8.03. The quantitative estimate of drug-likeness (QED) is 0.582. The van der Waals surface area contributed by atoms with Crippen molar-refractivity contribution in [1.29, 1.82) is 0 Å². The molecule has 7 nitrogen and oxygen atoms in total. The van der Waals surface area contributed by atoms with Gasteiger partial charge in [0.15, 0.2) is 5.78 Å². The SMILES string of the molecule is CC(C)N1CCN(c2cccc3c2C(=O)N(C2CCC(=O)CC2=O)C3=O)CC1. The van der Waals surface area contributed by atoms with Gasteiger partial charge in [0, 0.05) is 38.6 Å². The van der Waals surface area contributed by atoms with Crippen LogP contribution in [0.5, 0.6) is 0 Å². The molecule has 28 heavy (non-hydrogen) atoms. The summed E-state index contributed by atoms with van der Waals surface area (Å²) in [6.45, 7) is 7.70. The molecule has 3 aliphatic rings. The van der Waals surface area contributed by atoms with Crippen molar-refractivity contribution in [2.75, 3.05) is 31.1 Å². The Morgan fingerprint density at radius 2 is 1.68 bits per heavy atom. The molecule has 7 heteroatoms. The number of anilines is 1. The zero-order valence-corrected chi connectivity index (χ0v) is 16.3. The molecule has 2 amide bonds. The summed E-state index contributed by atoms with van der Waals surface area (Å²) in [4.78, 5) is 55.6. The van der Waals surface area contributed by atoms with Gasteiger partial charge in [-0.1, -0.05) is 6.07 Å². The number of amides is 2. The summed E-state index contributed by atoms with van der Waals surface area (Å²) in [7, 11) is 0. The first-order chi connectivity index (χ1) is 13.4. The second-order valence-electron chi connectivity index (χ2n) is 8.03. The summed E-state index contributed by atoms with van der Waals surface area (Å²) >= 11 is 0. The van der Waals surface area contributed by atoms with Crippen LogP contribution >= 0.6 is 0 Å². The molecule has 1 saturated heterocycles. The number of hydrogen-bond donors (Lipinski definition) is 0. The molecule has 0 bridgehead atoms. The van der Waals surface area contributed by atoms with Crippen molar-refractivity contribution in [3.8, 4) is 0 Å². The maximum absolute atomic E-state index is 13.2. The first-order valence-corrected chi connectivity index (χ1v) is 9.92. The molecule has 2 aliphatic heterocycles. The number of rotatable bonds is 3. The highest BCUT2D eigenvalue weighted by Crippen LogP contribution is 2.35. The predicted octanol–water partition coefficient (Wildman–Crippen LogP) is 1.50. The minimum Gasteiger partial charge on any atom is -0.368 e. The van der Waals surface area contributed by atoms with Crippen LogP contribution in [0.3, 0.4) is 0 Å². The summed E-state index contributed by atoms with van der Waals surface area (Å²) in [6, 6.07) is 4.98. The number of nitrogens with zero attached hydrogens (tertiary/aromatic N) is 3. The van der Waals surface area contributed by atoms with Gasteiger partial charge in [-0.15, -0.1) is 0 Å². The van der Waals surface area contributed by atoms with Crippen LogP contribution in [0.2, 0.25) is 0 Å². The zero-order valence-electron chi connectivity index (χ0n) is 16.3. The van der Waals surface area contributed by atoms with Gasteiger partial charge >= 0.3 is 0 Å². The Labute approximate surface area is 164 Å². The van der Waals surface area contributed by atoms with Crippen LogP contribution in [0, 0.1) is 0 Å². The van der Waals surface area contributed by atoms with Crippen LogP contribution < -0.4 is 4.90 Å². The number of piperazine rings is 1. The lowest BCUT2D eigenvalue weighted by atomic mass is 9.92. The van der Waals surface area contributed by atoms with Crippen molar-refractivity contribution in [2.24, 2.45) is 0 Å². The molecule has 4 rings (SSSR count). The lowest BCUT2D eigenvalue weighted by molar-refractivity contribution is -0.132. The Balaban J connectivity index is 1.62. The smallest absolute Gasteiger partial charge is 0.264 e. The highest BCUT2D eigenvalue weighted by atomic mass is 16.2. The molecule has 1 atom stereocenters. The molecule has 1 aromatic carbocycles. The van der Waals surface area contributed by atoms with Crippen LogP contribution in [0.25, 0.3) is 0 Å². The van der Waals surface area contributed by atoms with E-state index < -0.39 is 17.9 Å². The Morgan fingerprint density at radius 3 is 2.32 bits per heavy atom. The van der Waals surface area contributed by atoms with Gasteiger partial charge in [-0.05, 0) is 32.4 Å². The molecule has 1 aliphatic carbocycles. The first kappa shape index (κ1) is 18.8. The molecule has 0 radical (unpaired) electrons. The lowest BCUT2D eigenvalue weighted by Crippen LogP contribution is -2.49. The van der Waals surface area contributed by atoms with Crippen molar-refractivity contribution in [2.45, 2.75) is 45.2 Å². The van der Waals surface area contributed by atoms with Gasteiger partial charge in [0.25, 0.3) is 11.8 Å². The number of benzene rings is 1. The third kappa shape index (κ3) is 3.03. The largest absolute Gasteiger partial charge is 0.368 e. The molecule has 1 unspecified atom stereocenters. The van der Waals surface area contributed by atoms with Crippen LogP contribution in [0.4, 0.5) is 5.69 Å². The molecule has 0 spiro atoms. The lowest BCUT2D eigenvalue weighted by Gasteiger charge is -2.38. The summed E-state index contributed by atoms with van der Waals surface area (Å²) in [5, 5.41) is 0. The monoisotopic (exact) mass is 383 g/mol. The van der Waals surface area contributed by atoms with Crippen molar-refractivity contribution in [3.63, 3.8) is 0 Å². The fraction of sp³-hybridized carbons (Fsp3) is 0.524. The minimum atomic E-state index is -0.823. The highest BCUT2D eigenvalue weighted by molar-refractivity contribution is 6.25. The third-order valence-electron chi connectivity index (χ3n) is 6.06. The van der Waals surface area contributed by atoms with E-state index in [1.165, 1.54) is 0 Å². The van der Waals surface area contributed by atoms with Gasteiger partial charge < -0.3 is 4.90 Å². The van der Waals surface area contributed by atoms with Crippen molar-refractivity contribution in [1.82, 2.24) is 9.80 Å². The second kappa shape index (κ2) is 7.13. The number of fused-ring (bicyclic) bond motifs is 1. The van der Waals surface area contributed by atoms with Gasteiger partial charge in [-0.2, -0.15) is 0 Å². The van der Waals surface area contributed by atoms with Crippen LogP contribution in [0.1, 0.15) is 53.8 Å². The summed E-state index contributed by atoms with van der Waals surface area (Å²) in [5.74, 6) is -1.29. The van der Waals surface area contributed by atoms with E-state index in [1.807, 2.05) is 6.07 Å². The standard InChI is InChI=1S/C21H25N3O4/c1-13(2)22-8-10-23(11-9-22)17-5-3-4-15-19(17)21(28)24(20(15)27)16-7-6-14(25)12-18(16)26/h3-5,13,16H,6-12H2,1-2H3. The summed E-state index contributed by atoms with van der Waals surface area (Å²) in [5.41, 5.74) is 1.52. The number of ketones is 2.